The minimum atomic E-state index is 1.16. The van der Waals surface area contributed by atoms with Crippen LogP contribution in [0.2, 0.25) is 0 Å². The summed E-state index contributed by atoms with van der Waals surface area (Å²) in [6.45, 7) is 4.55. The maximum absolute atomic E-state index is 2.30. The molecule has 0 radical (unpaired) electrons. The van der Waals surface area contributed by atoms with E-state index in [4.69, 9.17) is 0 Å². The largest absolute Gasteiger partial charge is 0.0645 e. The smallest absolute Gasteiger partial charge is 0.0116 e. The van der Waals surface area contributed by atoms with Crippen LogP contribution in [0.1, 0.15) is 35.6 Å². The van der Waals surface area contributed by atoms with Crippen LogP contribution >= 0.6 is 0 Å². The number of hydrogen-bond acceptors (Lipinski definition) is 0. The zero-order valence-corrected chi connectivity index (χ0v) is 13.2. The van der Waals surface area contributed by atoms with Gasteiger partial charge in [0.05, 0.1) is 0 Å². The molecule has 0 bridgehead atoms. The Morgan fingerprint density at radius 2 is 1.45 bits per heavy atom. The second kappa shape index (κ2) is 5.14. The van der Waals surface area contributed by atoms with Gasteiger partial charge in [0, 0.05) is 0 Å². The topological polar surface area (TPSA) is 0 Å². The van der Waals surface area contributed by atoms with Crippen LogP contribution in [-0.4, -0.2) is 0 Å². The average Bonchev–Trinajstić information content (AvgIpc) is 2.56. The first-order chi connectivity index (χ1) is 10.8. The van der Waals surface area contributed by atoms with Gasteiger partial charge in [0.2, 0.25) is 0 Å². The van der Waals surface area contributed by atoms with Crippen LogP contribution in [0.4, 0.5) is 0 Å². The Morgan fingerprint density at radius 1 is 0.682 bits per heavy atom. The average molecular weight is 284 g/mol. The number of hydrogen-bond donors (Lipinski definition) is 0. The maximum Gasteiger partial charge on any atom is -0.0116 e. The van der Waals surface area contributed by atoms with E-state index in [0.29, 0.717) is 0 Å². The highest BCUT2D eigenvalue weighted by atomic mass is 14.2. The van der Waals surface area contributed by atoms with Crippen LogP contribution in [-0.2, 0) is 6.42 Å². The van der Waals surface area contributed by atoms with E-state index in [-0.39, 0.29) is 0 Å². The fourth-order valence-electron chi connectivity index (χ4n) is 3.73. The standard InChI is InChI=1S/C22H20/c1-15-11-12-18-8-4-6-10-21(18)22(15)20-14-13-17-7-3-5-9-19(17)16(20)2/h3-10,13-14H,11-12H2,1-2H3. The summed E-state index contributed by atoms with van der Waals surface area (Å²) in [5.74, 6) is 0. The Balaban J connectivity index is 2.00. The Kier molecular flexibility index (Phi) is 3.11. The molecule has 3 aromatic carbocycles. The second-order valence-corrected chi connectivity index (χ2v) is 6.27. The molecule has 1 aliphatic carbocycles. The van der Waals surface area contributed by atoms with Crippen molar-refractivity contribution in [3.8, 4) is 0 Å². The monoisotopic (exact) mass is 284 g/mol. The highest BCUT2D eigenvalue weighted by Crippen LogP contribution is 2.38. The molecule has 0 saturated heterocycles. The van der Waals surface area contributed by atoms with Crippen LogP contribution in [0, 0.1) is 6.92 Å². The van der Waals surface area contributed by atoms with Gasteiger partial charge >= 0.3 is 0 Å². The molecule has 0 nitrogen and oxygen atoms in total. The van der Waals surface area contributed by atoms with Crippen LogP contribution in [0.3, 0.4) is 0 Å². The lowest BCUT2D eigenvalue weighted by atomic mass is 9.81. The van der Waals surface area contributed by atoms with Gasteiger partial charge in [-0.3, -0.25) is 0 Å². The molecule has 22 heavy (non-hydrogen) atoms. The molecule has 3 aromatic rings. The molecule has 0 fully saturated rings. The summed E-state index contributed by atoms with van der Waals surface area (Å²) in [5, 5.41) is 2.69. The third-order valence-corrected chi connectivity index (χ3v) is 4.95. The van der Waals surface area contributed by atoms with Crippen molar-refractivity contribution in [1.29, 1.82) is 0 Å². The normalized spacial score (nSPS) is 14.3. The van der Waals surface area contributed by atoms with Crippen molar-refractivity contribution in [3.63, 3.8) is 0 Å². The zero-order chi connectivity index (χ0) is 15.1. The van der Waals surface area contributed by atoms with Crippen molar-refractivity contribution >= 4 is 16.3 Å². The molecule has 0 aliphatic heterocycles. The van der Waals surface area contributed by atoms with Crippen molar-refractivity contribution in [1.82, 2.24) is 0 Å². The molecule has 108 valence electrons. The van der Waals surface area contributed by atoms with Crippen LogP contribution in [0.15, 0.2) is 66.2 Å². The van der Waals surface area contributed by atoms with Gasteiger partial charge in [-0.15, -0.1) is 0 Å². The van der Waals surface area contributed by atoms with Gasteiger partial charge in [-0.1, -0.05) is 66.2 Å². The van der Waals surface area contributed by atoms with Crippen molar-refractivity contribution in [3.05, 3.63) is 88.5 Å². The molecule has 0 heteroatoms. The van der Waals surface area contributed by atoms with Crippen LogP contribution in [0.25, 0.3) is 16.3 Å². The third-order valence-electron chi connectivity index (χ3n) is 4.95. The van der Waals surface area contributed by atoms with Gasteiger partial charge in [0.1, 0.15) is 0 Å². The Bertz CT molecular complexity index is 897. The van der Waals surface area contributed by atoms with Crippen molar-refractivity contribution in [2.45, 2.75) is 26.7 Å². The Labute approximate surface area is 132 Å². The molecule has 4 rings (SSSR count). The number of fused-ring (bicyclic) bond motifs is 2. The number of allylic oxidation sites excluding steroid dienone is 1. The fraction of sp³-hybridized carbons (Fsp3) is 0.182. The minimum Gasteiger partial charge on any atom is -0.0645 e. The Hall–Kier alpha value is -2.34. The molecule has 0 saturated carbocycles. The predicted molar refractivity (Wildman–Crippen MR) is 95.1 cm³/mol. The number of rotatable bonds is 1. The van der Waals surface area contributed by atoms with E-state index in [1.165, 1.54) is 50.6 Å². The first-order valence-electron chi connectivity index (χ1n) is 8.02. The molecule has 0 unspecified atom stereocenters. The van der Waals surface area contributed by atoms with Gasteiger partial charge in [0.25, 0.3) is 0 Å². The van der Waals surface area contributed by atoms with E-state index in [2.05, 4.69) is 74.5 Å². The van der Waals surface area contributed by atoms with Crippen molar-refractivity contribution < 1.29 is 0 Å². The molecular formula is C22H20. The maximum atomic E-state index is 2.30. The molecular weight excluding hydrogens is 264 g/mol. The summed E-state index contributed by atoms with van der Waals surface area (Å²) in [7, 11) is 0. The summed E-state index contributed by atoms with van der Waals surface area (Å²) < 4.78 is 0. The molecule has 1 aliphatic rings. The summed E-state index contributed by atoms with van der Waals surface area (Å²) in [5.41, 5.74) is 8.65. The SMILES string of the molecule is CC1=C(c2ccc3ccccc3c2C)c2ccccc2CC1. The second-order valence-electron chi connectivity index (χ2n) is 6.27. The van der Waals surface area contributed by atoms with E-state index in [1.807, 2.05) is 0 Å². The van der Waals surface area contributed by atoms with Crippen LogP contribution < -0.4 is 0 Å². The summed E-state index contributed by atoms with van der Waals surface area (Å²) in [6, 6.07) is 22.1. The first kappa shape index (κ1) is 13.3. The van der Waals surface area contributed by atoms with E-state index in [0.717, 1.165) is 6.42 Å². The van der Waals surface area contributed by atoms with E-state index >= 15 is 0 Å². The lowest BCUT2D eigenvalue weighted by molar-refractivity contribution is 0.918. The summed E-state index contributed by atoms with van der Waals surface area (Å²) in [6.07, 6.45) is 2.33. The molecule has 0 heterocycles. The van der Waals surface area contributed by atoms with E-state index < -0.39 is 0 Å². The van der Waals surface area contributed by atoms with Gasteiger partial charge < -0.3 is 0 Å². The molecule has 0 atom stereocenters. The molecule has 0 aromatic heterocycles. The van der Waals surface area contributed by atoms with E-state index in [1.54, 1.807) is 0 Å². The van der Waals surface area contributed by atoms with Gasteiger partial charge in [-0.25, -0.2) is 0 Å². The lowest BCUT2D eigenvalue weighted by Gasteiger charge is -2.24. The highest BCUT2D eigenvalue weighted by molar-refractivity contribution is 5.94. The fourth-order valence-corrected chi connectivity index (χ4v) is 3.73. The predicted octanol–water partition coefficient (Wildman–Crippen LogP) is 5.92. The van der Waals surface area contributed by atoms with Crippen LogP contribution in [0.5, 0.6) is 0 Å². The van der Waals surface area contributed by atoms with E-state index in [9.17, 15) is 0 Å². The third kappa shape index (κ3) is 1.99. The number of benzene rings is 3. The minimum absolute atomic E-state index is 1.16. The summed E-state index contributed by atoms with van der Waals surface area (Å²) >= 11 is 0. The number of aryl methyl sites for hydroxylation is 2. The lowest BCUT2D eigenvalue weighted by Crippen LogP contribution is -2.05. The van der Waals surface area contributed by atoms with Crippen molar-refractivity contribution in [2.24, 2.45) is 0 Å². The zero-order valence-electron chi connectivity index (χ0n) is 13.2. The molecule has 0 amide bonds. The van der Waals surface area contributed by atoms with Crippen molar-refractivity contribution in [2.75, 3.05) is 0 Å². The van der Waals surface area contributed by atoms with Gasteiger partial charge in [-0.05, 0) is 65.3 Å². The summed E-state index contributed by atoms with van der Waals surface area (Å²) in [4.78, 5) is 0. The quantitative estimate of drug-likeness (QED) is 0.520. The highest BCUT2D eigenvalue weighted by Gasteiger charge is 2.19. The Morgan fingerprint density at radius 3 is 2.36 bits per heavy atom. The molecule has 0 N–H and O–H groups in total. The molecule has 0 spiro atoms. The van der Waals surface area contributed by atoms with Gasteiger partial charge in [0.15, 0.2) is 0 Å². The first-order valence-corrected chi connectivity index (χ1v) is 8.02. The van der Waals surface area contributed by atoms with Gasteiger partial charge in [-0.2, -0.15) is 0 Å².